The van der Waals surface area contributed by atoms with Crippen LogP contribution in [-0.2, 0) is 16.6 Å². The Labute approximate surface area is 162 Å². The van der Waals surface area contributed by atoms with Crippen molar-refractivity contribution in [2.24, 2.45) is 0 Å². The average molecular weight is 432 g/mol. The first kappa shape index (κ1) is 18.5. The second-order valence-electron chi connectivity index (χ2n) is 5.83. The molecular weight excluding hydrogens is 414 g/mol. The van der Waals surface area contributed by atoms with Crippen LogP contribution in [0.5, 0.6) is 5.75 Å². The van der Waals surface area contributed by atoms with Crippen LogP contribution in [0.1, 0.15) is 11.1 Å². The lowest BCUT2D eigenvalue weighted by Gasteiger charge is -2.14. The quantitative estimate of drug-likeness (QED) is 0.587. The molecular formula is C20H18BrNO3S. The fourth-order valence-electron chi connectivity index (χ4n) is 2.36. The summed E-state index contributed by atoms with van der Waals surface area (Å²) in [5.74, 6) is 0.466. The highest BCUT2D eigenvalue weighted by Crippen LogP contribution is 2.31. The minimum Gasteiger partial charge on any atom is -0.487 e. The Morgan fingerprint density at radius 3 is 2.35 bits per heavy atom. The van der Waals surface area contributed by atoms with Crippen molar-refractivity contribution in [1.82, 2.24) is 0 Å². The second-order valence-corrected chi connectivity index (χ2v) is 8.43. The van der Waals surface area contributed by atoms with Crippen molar-refractivity contribution in [2.45, 2.75) is 18.4 Å². The summed E-state index contributed by atoms with van der Waals surface area (Å²) in [6.07, 6.45) is 0. The lowest BCUT2D eigenvalue weighted by molar-refractivity contribution is 0.308. The third kappa shape index (κ3) is 4.65. The molecule has 0 amide bonds. The minimum absolute atomic E-state index is 0.199. The molecule has 0 aromatic heterocycles. The van der Waals surface area contributed by atoms with Gasteiger partial charge in [0.2, 0.25) is 0 Å². The van der Waals surface area contributed by atoms with Crippen molar-refractivity contribution in [3.05, 3.63) is 88.4 Å². The second kappa shape index (κ2) is 7.93. The van der Waals surface area contributed by atoms with Gasteiger partial charge in [0, 0.05) is 4.47 Å². The number of nitrogens with one attached hydrogen (secondary N) is 1. The summed E-state index contributed by atoms with van der Waals surface area (Å²) in [4.78, 5) is 0.199. The van der Waals surface area contributed by atoms with Gasteiger partial charge in [0.1, 0.15) is 12.4 Å². The monoisotopic (exact) mass is 431 g/mol. The van der Waals surface area contributed by atoms with Crippen LogP contribution < -0.4 is 9.46 Å². The van der Waals surface area contributed by atoms with Gasteiger partial charge in [0.25, 0.3) is 10.0 Å². The van der Waals surface area contributed by atoms with Gasteiger partial charge in [0.05, 0.1) is 10.6 Å². The number of rotatable bonds is 6. The van der Waals surface area contributed by atoms with Crippen LogP contribution in [0.3, 0.4) is 0 Å². The molecule has 3 rings (SSSR count). The molecule has 0 saturated heterocycles. The molecule has 0 aliphatic rings. The van der Waals surface area contributed by atoms with Crippen LogP contribution in [0, 0.1) is 6.92 Å². The van der Waals surface area contributed by atoms with Crippen molar-refractivity contribution in [3.8, 4) is 5.75 Å². The summed E-state index contributed by atoms with van der Waals surface area (Å²) in [6.45, 7) is 2.37. The molecule has 6 heteroatoms. The van der Waals surface area contributed by atoms with Crippen LogP contribution in [0.25, 0.3) is 0 Å². The number of aryl methyl sites for hydroxylation is 1. The number of halogens is 1. The third-order valence-corrected chi connectivity index (χ3v) is 5.63. The molecule has 0 atom stereocenters. The Bertz CT molecular complexity index is 987. The maximum Gasteiger partial charge on any atom is 0.262 e. The highest BCUT2D eigenvalue weighted by atomic mass is 79.9. The molecule has 134 valence electrons. The molecule has 0 bridgehead atoms. The number of benzene rings is 3. The summed E-state index contributed by atoms with van der Waals surface area (Å²) in [6, 6.07) is 21.5. The molecule has 0 heterocycles. The topological polar surface area (TPSA) is 55.4 Å². The van der Waals surface area contributed by atoms with Crippen molar-refractivity contribution >= 4 is 31.6 Å². The summed E-state index contributed by atoms with van der Waals surface area (Å²) >= 11 is 3.37. The summed E-state index contributed by atoms with van der Waals surface area (Å²) in [5, 5.41) is 0. The van der Waals surface area contributed by atoms with Gasteiger partial charge >= 0.3 is 0 Å². The molecule has 0 unspecified atom stereocenters. The zero-order chi connectivity index (χ0) is 18.6. The largest absolute Gasteiger partial charge is 0.487 e. The van der Waals surface area contributed by atoms with Crippen LogP contribution >= 0.6 is 15.9 Å². The highest BCUT2D eigenvalue weighted by Gasteiger charge is 2.16. The van der Waals surface area contributed by atoms with E-state index in [1.165, 1.54) is 5.56 Å². The Balaban J connectivity index is 1.83. The third-order valence-electron chi connectivity index (χ3n) is 3.75. The first-order chi connectivity index (χ1) is 12.4. The number of hydrogen-bond acceptors (Lipinski definition) is 3. The molecule has 4 nitrogen and oxygen atoms in total. The summed E-state index contributed by atoms with van der Waals surface area (Å²) in [7, 11) is -3.69. The van der Waals surface area contributed by atoms with Crippen molar-refractivity contribution < 1.29 is 13.2 Å². The number of ether oxygens (including phenoxy) is 1. The standard InChI is InChI=1S/C20H18BrNO3S/c1-15-7-9-16(10-8-15)14-25-20-12-11-17(21)13-19(20)22-26(23,24)18-5-3-2-4-6-18/h2-13,22H,14H2,1H3. The Hall–Kier alpha value is -2.31. The number of hydrogen-bond donors (Lipinski definition) is 1. The maximum absolute atomic E-state index is 12.6. The van der Waals surface area contributed by atoms with Crippen LogP contribution in [0.2, 0.25) is 0 Å². The van der Waals surface area contributed by atoms with E-state index in [4.69, 9.17) is 4.74 Å². The Morgan fingerprint density at radius 1 is 0.962 bits per heavy atom. The van der Waals surface area contributed by atoms with Gasteiger partial charge in [0.15, 0.2) is 0 Å². The van der Waals surface area contributed by atoms with E-state index in [2.05, 4.69) is 20.7 Å². The Kier molecular flexibility index (Phi) is 5.64. The maximum atomic E-state index is 12.6. The predicted octanol–water partition coefficient (Wildman–Crippen LogP) is 5.14. The fraction of sp³-hybridized carbons (Fsp3) is 0.100. The summed E-state index contributed by atoms with van der Waals surface area (Å²) < 4.78 is 34.4. The molecule has 1 N–H and O–H groups in total. The van der Waals surface area contributed by atoms with Gasteiger partial charge in [-0.05, 0) is 42.8 Å². The predicted molar refractivity (Wildman–Crippen MR) is 107 cm³/mol. The van der Waals surface area contributed by atoms with Gasteiger partial charge in [-0.3, -0.25) is 4.72 Å². The van der Waals surface area contributed by atoms with E-state index in [0.717, 1.165) is 10.0 Å². The van der Waals surface area contributed by atoms with Crippen LogP contribution in [0.15, 0.2) is 82.2 Å². The molecule has 0 spiro atoms. The molecule has 26 heavy (non-hydrogen) atoms. The SMILES string of the molecule is Cc1ccc(COc2ccc(Br)cc2NS(=O)(=O)c2ccccc2)cc1. The van der Waals surface area contributed by atoms with Gasteiger partial charge in [-0.2, -0.15) is 0 Å². The number of sulfonamides is 1. The van der Waals surface area contributed by atoms with E-state index in [1.54, 1.807) is 42.5 Å². The van der Waals surface area contributed by atoms with Gasteiger partial charge in [-0.1, -0.05) is 64.0 Å². The smallest absolute Gasteiger partial charge is 0.262 e. The number of anilines is 1. The molecule has 0 aliphatic carbocycles. The van der Waals surface area contributed by atoms with E-state index in [9.17, 15) is 8.42 Å². The fourth-order valence-corrected chi connectivity index (χ4v) is 3.80. The van der Waals surface area contributed by atoms with E-state index in [-0.39, 0.29) is 4.90 Å². The van der Waals surface area contributed by atoms with Gasteiger partial charge in [-0.25, -0.2) is 8.42 Å². The molecule has 0 aliphatic heterocycles. The average Bonchev–Trinajstić information content (AvgIpc) is 2.63. The first-order valence-electron chi connectivity index (χ1n) is 8.00. The molecule has 0 fully saturated rings. The molecule has 3 aromatic rings. The zero-order valence-electron chi connectivity index (χ0n) is 14.1. The van der Waals surface area contributed by atoms with Crippen molar-refractivity contribution in [2.75, 3.05) is 4.72 Å². The van der Waals surface area contributed by atoms with Gasteiger partial charge in [-0.15, -0.1) is 0 Å². The van der Waals surface area contributed by atoms with E-state index >= 15 is 0 Å². The van der Waals surface area contributed by atoms with Gasteiger partial charge < -0.3 is 4.74 Å². The van der Waals surface area contributed by atoms with Crippen molar-refractivity contribution in [1.29, 1.82) is 0 Å². The zero-order valence-corrected chi connectivity index (χ0v) is 16.5. The molecule has 0 saturated carbocycles. The van der Waals surface area contributed by atoms with E-state index in [0.29, 0.717) is 18.0 Å². The van der Waals surface area contributed by atoms with Crippen LogP contribution in [0.4, 0.5) is 5.69 Å². The lowest BCUT2D eigenvalue weighted by Crippen LogP contribution is -2.13. The molecule has 3 aromatic carbocycles. The van der Waals surface area contributed by atoms with E-state index < -0.39 is 10.0 Å². The first-order valence-corrected chi connectivity index (χ1v) is 10.3. The van der Waals surface area contributed by atoms with Crippen molar-refractivity contribution in [3.63, 3.8) is 0 Å². The normalized spacial score (nSPS) is 11.2. The lowest BCUT2D eigenvalue weighted by atomic mass is 10.2. The Morgan fingerprint density at radius 2 is 1.65 bits per heavy atom. The minimum atomic E-state index is -3.69. The highest BCUT2D eigenvalue weighted by molar-refractivity contribution is 9.10. The van der Waals surface area contributed by atoms with E-state index in [1.807, 2.05) is 37.3 Å². The summed E-state index contributed by atoms with van der Waals surface area (Å²) in [5.41, 5.74) is 2.57. The van der Waals surface area contributed by atoms with Crippen LogP contribution in [-0.4, -0.2) is 8.42 Å². The molecule has 0 radical (unpaired) electrons.